The van der Waals surface area contributed by atoms with Gasteiger partial charge in [0, 0.05) is 11.4 Å². The Balaban J connectivity index is 1.85. The van der Waals surface area contributed by atoms with Crippen LogP contribution in [0.3, 0.4) is 0 Å². The van der Waals surface area contributed by atoms with Gasteiger partial charge in [-0.15, -0.1) is 11.3 Å². The average molecular weight is 335 g/mol. The third-order valence-electron chi connectivity index (χ3n) is 3.56. The fourth-order valence-corrected chi connectivity index (χ4v) is 3.29. The van der Waals surface area contributed by atoms with E-state index in [1.807, 2.05) is 23.9 Å². The van der Waals surface area contributed by atoms with Crippen molar-refractivity contribution in [2.45, 2.75) is 26.8 Å². The van der Waals surface area contributed by atoms with E-state index in [1.165, 1.54) is 11.1 Å². The van der Waals surface area contributed by atoms with E-state index < -0.39 is 0 Å². The monoisotopic (exact) mass is 335 g/mol. The van der Waals surface area contributed by atoms with Gasteiger partial charge in [-0.2, -0.15) is 5.10 Å². The molecule has 1 aromatic heterocycles. The first kappa shape index (κ1) is 16.4. The largest absolute Gasteiger partial charge is 0.255 e. The molecule has 3 rings (SSSR count). The molecule has 0 radical (unpaired) electrons. The highest BCUT2D eigenvalue weighted by atomic mass is 32.1. The molecular weight excluding hydrogens is 314 g/mol. The lowest BCUT2D eigenvalue weighted by molar-refractivity contribution is 0.738. The summed E-state index contributed by atoms with van der Waals surface area (Å²) in [5, 5.41) is 6.68. The second-order valence-electron chi connectivity index (χ2n) is 5.93. The van der Waals surface area contributed by atoms with Crippen molar-refractivity contribution < 1.29 is 0 Å². The van der Waals surface area contributed by atoms with Crippen molar-refractivity contribution in [2.75, 3.05) is 0 Å². The number of hydrogen-bond acceptors (Lipinski definition) is 3. The van der Waals surface area contributed by atoms with Crippen molar-refractivity contribution >= 4 is 17.6 Å². The Labute approximate surface area is 146 Å². The zero-order valence-electron chi connectivity index (χ0n) is 14.2. The zero-order chi connectivity index (χ0) is 16.9. The first-order chi connectivity index (χ1) is 11.6. The van der Waals surface area contributed by atoms with Crippen LogP contribution < -0.4 is 4.80 Å². The van der Waals surface area contributed by atoms with E-state index in [2.05, 4.69) is 77.9 Å². The normalized spacial score (nSPS) is 12.4. The van der Waals surface area contributed by atoms with Gasteiger partial charge in [0.2, 0.25) is 4.80 Å². The highest BCUT2D eigenvalue weighted by Crippen LogP contribution is 2.18. The second kappa shape index (κ2) is 7.41. The summed E-state index contributed by atoms with van der Waals surface area (Å²) < 4.78 is 1.90. The highest BCUT2D eigenvalue weighted by Gasteiger charge is 2.00. The van der Waals surface area contributed by atoms with Crippen LogP contribution >= 0.6 is 11.3 Å². The van der Waals surface area contributed by atoms with Crippen molar-refractivity contribution in [1.29, 1.82) is 0 Å². The standard InChI is InChI=1S/C20H21N3S/c1-15(2)22-20-23(16(3)14-24-20)21-13-17-9-11-19(12-10-17)18-7-5-4-6-8-18/h4-15H,1-3H3. The molecular formula is C20H21N3S. The van der Waals surface area contributed by atoms with E-state index >= 15 is 0 Å². The topological polar surface area (TPSA) is 29.6 Å². The predicted octanol–water partition coefficient (Wildman–Crippen LogP) is 4.72. The molecule has 0 aliphatic carbocycles. The summed E-state index contributed by atoms with van der Waals surface area (Å²) in [4.78, 5) is 5.54. The van der Waals surface area contributed by atoms with Crippen LogP contribution in [-0.2, 0) is 0 Å². The van der Waals surface area contributed by atoms with Crippen LogP contribution in [-0.4, -0.2) is 16.9 Å². The van der Waals surface area contributed by atoms with Crippen molar-refractivity contribution in [1.82, 2.24) is 4.68 Å². The molecule has 0 spiro atoms. The van der Waals surface area contributed by atoms with E-state index in [-0.39, 0.29) is 6.04 Å². The molecule has 0 aliphatic heterocycles. The van der Waals surface area contributed by atoms with Crippen molar-refractivity contribution in [2.24, 2.45) is 10.1 Å². The van der Waals surface area contributed by atoms with Gasteiger partial charge in [-0.05, 0) is 37.5 Å². The molecule has 0 fully saturated rings. The third kappa shape index (κ3) is 3.89. The maximum atomic E-state index is 4.61. The van der Waals surface area contributed by atoms with Crippen molar-refractivity contribution in [3.05, 3.63) is 76.0 Å². The smallest absolute Gasteiger partial charge is 0.206 e. The van der Waals surface area contributed by atoms with Gasteiger partial charge in [-0.3, -0.25) is 4.99 Å². The molecule has 0 atom stereocenters. The Bertz CT molecular complexity index is 885. The summed E-state index contributed by atoms with van der Waals surface area (Å²) in [5.74, 6) is 0. The summed E-state index contributed by atoms with van der Waals surface area (Å²) in [5.41, 5.74) is 4.60. The van der Waals surface area contributed by atoms with Crippen LogP contribution in [0.5, 0.6) is 0 Å². The van der Waals surface area contributed by atoms with E-state index in [1.54, 1.807) is 11.3 Å². The Kier molecular flexibility index (Phi) is 5.06. The number of aryl methyl sites for hydroxylation is 1. The van der Waals surface area contributed by atoms with Gasteiger partial charge in [0.15, 0.2) is 0 Å². The van der Waals surface area contributed by atoms with Gasteiger partial charge in [-0.25, -0.2) is 4.68 Å². The van der Waals surface area contributed by atoms with Crippen LogP contribution in [0.4, 0.5) is 0 Å². The molecule has 24 heavy (non-hydrogen) atoms. The second-order valence-corrected chi connectivity index (χ2v) is 6.76. The number of thiazole rings is 1. The molecule has 0 amide bonds. The Morgan fingerprint density at radius 3 is 2.29 bits per heavy atom. The van der Waals surface area contributed by atoms with Crippen molar-refractivity contribution in [3.63, 3.8) is 0 Å². The first-order valence-electron chi connectivity index (χ1n) is 8.04. The molecule has 3 aromatic rings. The lowest BCUT2D eigenvalue weighted by Gasteiger charge is -2.02. The molecule has 0 bridgehead atoms. The molecule has 4 heteroatoms. The van der Waals surface area contributed by atoms with Crippen molar-refractivity contribution in [3.8, 4) is 11.1 Å². The number of rotatable bonds is 4. The summed E-state index contributed by atoms with van der Waals surface area (Å²) >= 11 is 1.62. The van der Waals surface area contributed by atoms with Gasteiger partial charge >= 0.3 is 0 Å². The minimum Gasteiger partial charge on any atom is -0.255 e. The van der Waals surface area contributed by atoms with Gasteiger partial charge in [0.1, 0.15) is 0 Å². The van der Waals surface area contributed by atoms with Crippen LogP contribution in [0, 0.1) is 6.92 Å². The number of aromatic nitrogens is 1. The molecule has 0 saturated heterocycles. The van der Waals surface area contributed by atoms with Crippen LogP contribution in [0.2, 0.25) is 0 Å². The number of hydrogen-bond donors (Lipinski definition) is 0. The zero-order valence-corrected chi connectivity index (χ0v) is 15.0. The summed E-state index contributed by atoms with van der Waals surface area (Å²) in [7, 11) is 0. The van der Waals surface area contributed by atoms with E-state index in [0.717, 1.165) is 16.1 Å². The average Bonchev–Trinajstić information content (AvgIpc) is 2.93. The highest BCUT2D eigenvalue weighted by molar-refractivity contribution is 7.07. The first-order valence-corrected chi connectivity index (χ1v) is 8.92. The third-order valence-corrected chi connectivity index (χ3v) is 4.51. The molecule has 0 N–H and O–H groups in total. The maximum Gasteiger partial charge on any atom is 0.206 e. The van der Waals surface area contributed by atoms with Crippen LogP contribution in [0.1, 0.15) is 25.1 Å². The molecule has 0 unspecified atom stereocenters. The Hall–Kier alpha value is -2.46. The quantitative estimate of drug-likeness (QED) is 0.618. The Morgan fingerprint density at radius 1 is 0.958 bits per heavy atom. The Morgan fingerprint density at radius 2 is 1.62 bits per heavy atom. The minimum atomic E-state index is 0.259. The fourth-order valence-electron chi connectivity index (χ4n) is 2.35. The predicted molar refractivity (Wildman–Crippen MR) is 103 cm³/mol. The van der Waals surface area contributed by atoms with E-state index in [4.69, 9.17) is 0 Å². The molecule has 2 aromatic carbocycles. The SMILES string of the molecule is Cc1csc(=NC(C)C)n1N=Cc1ccc(-c2ccccc2)cc1. The fraction of sp³-hybridized carbons (Fsp3) is 0.200. The van der Waals surface area contributed by atoms with Gasteiger partial charge in [0.05, 0.1) is 11.9 Å². The van der Waals surface area contributed by atoms with Crippen LogP contribution in [0.15, 0.2) is 70.1 Å². The number of nitrogens with zero attached hydrogens (tertiary/aromatic N) is 3. The van der Waals surface area contributed by atoms with Gasteiger partial charge in [-0.1, -0.05) is 54.6 Å². The van der Waals surface area contributed by atoms with Crippen LogP contribution in [0.25, 0.3) is 11.1 Å². The molecule has 122 valence electrons. The molecule has 0 saturated carbocycles. The lowest BCUT2D eigenvalue weighted by Crippen LogP contribution is -2.14. The lowest BCUT2D eigenvalue weighted by atomic mass is 10.0. The maximum absolute atomic E-state index is 4.61. The summed E-state index contributed by atoms with van der Waals surface area (Å²) in [6, 6.07) is 19.1. The summed E-state index contributed by atoms with van der Waals surface area (Å²) in [6.45, 7) is 6.20. The number of benzene rings is 2. The molecule has 1 heterocycles. The van der Waals surface area contributed by atoms with Gasteiger partial charge < -0.3 is 0 Å². The molecule has 0 aliphatic rings. The van der Waals surface area contributed by atoms with E-state index in [9.17, 15) is 0 Å². The molecule has 3 nitrogen and oxygen atoms in total. The minimum absolute atomic E-state index is 0.259. The van der Waals surface area contributed by atoms with E-state index in [0.29, 0.717) is 0 Å². The van der Waals surface area contributed by atoms with Gasteiger partial charge in [0.25, 0.3) is 0 Å². The summed E-state index contributed by atoms with van der Waals surface area (Å²) in [6.07, 6.45) is 1.88.